The molecule has 0 N–H and O–H groups in total. The molecule has 0 heterocycles. The molecule has 0 aromatic heterocycles. The van der Waals surface area contributed by atoms with E-state index in [0.717, 1.165) is 18.8 Å². The third kappa shape index (κ3) is 3.29. The highest BCUT2D eigenvalue weighted by Gasteiger charge is 2.57. The van der Waals surface area contributed by atoms with Gasteiger partial charge in [0, 0.05) is 8.73 Å². The van der Waals surface area contributed by atoms with Crippen LogP contribution in [0.5, 0.6) is 0 Å². The molecule has 7 heteroatoms. The number of nitrogens with zero attached hydrogens (tertiary/aromatic N) is 1. The molecule has 0 saturated heterocycles. The lowest BCUT2D eigenvalue weighted by Crippen LogP contribution is -2.33. The van der Waals surface area contributed by atoms with Crippen molar-refractivity contribution in [3.8, 4) is 0 Å². The minimum absolute atomic E-state index is 0.813. The molecule has 0 saturated carbocycles. The molecule has 0 radical (unpaired) electrons. The van der Waals surface area contributed by atoms with E-state index in [1.54, 1.807) is 0 Å². The fraction of sp³-hybridized carbons (Fsp3) is 1.00. The molecule has 0 aliphatic rings. The zero-order valence-corrected chi connectivity index (χ0v) is 6.84. The molecule has 1 nitrogen and oxygen atoms in total. The fourth-order valence-electron chi connectivity index (χ4n) is 0.344. The Hall–Kier alpha value is 0.0400. The lowest BCUT2D eigenvalue weighted by Gasteiger charge is -2.22. The number of halogens is 5. The van der Waals surface area contributed by atoms with Crippen molar-refractivity contribution in [2.45, 2.75) is 11.8 Å². The normalized spacial score (nSPS) is 15.3. The van der Waals surface area contributed by atoms with Crippen LogP contribution in [-0.2, 0) is 0 Å². The van der Waals surface area contributed by atoms with Crippen LogP contribution < -0.4 is 0 Å². The van der Waals surface area contributed by atoms with Crippen LogP contribution in [0.1, 0.15) is 0 Å². The third-order valence-corrected chi connectivity index (χ3v) is 1.73. The predicted molar refractivity (Wildman–Crippen MR) is 33.0 cm³/mol. The molecular formula is C4H7F5NP. The number of hydrogen-bond donors (Lipinski definition) is 0. The lowest BCUT2D eigenvalue weighted by molar-refractivity contribution is -0.240. The second-order valence-electron chi connectivity index (χ2n) is 2.08. The summed E-state index contributed by atoms with van der Waals surface area (Å²) in [5, 5.41) is 0. The van der Waals surface area contributed by atoms with E-state index >= 15 is 0 Å². The van der Waals surface area contributed by atoms with Gasteiger partial charge in [0.25, 0.3) is 0 Å². The van der Waals surface area contributed by atoms with Crippen LogP contribution >= 0.6 is 8.73 Å². The van der Waals surface area contributed by atoms with Gasteiger partial charge in [-0.25, -0.2) is 0 Å². The molecule has 11 heavy (non-hydrogen) atoms. The maximum Gasteiger partial charge on any atom is 0.458 e. The lowest BCUT2D eigenvalue weighted by atomic mass is 10.7. The van der Waals surface area contributed by atoms with Crippen molar-refractivity contribution in [3.05, 3.63) is 0 Å². The summed E-state index contributed by atoms with van der Waals surface area (Å²) in [5.41, 5.74) is -4.59. The van der Waals surface area contributed by atoms with Gasteiger partial charge in [0.2, 0.25) is 0 Å². The summed E-state index contributed by atoms with van der Waals surface area (Å²) in [5.74, 6) is 0. The summed E-state index contributed by atoms with van der Waals surface area (Å²) in [6.45, 7) is 0. The Morgan fingerprint density at radius 2 is 1.36 bits per heavy atom. The molecule has 0 aliphatic carbocycles. The van der Waals surface area contributed by atoms with Crippen molar-refractivity contribution in [3.63, 3.8) is 0 Å². The van der Waals surface area contributed by atoms with E-state index < -0.39 is 20.6 Å². The Labute approximate surface area is 62.4 Å². The van der Waals surface area contributed by atoms with Crippen LogP contribution in [0.25, 0.3) is 0 Å². The summed E-state index contributed by atoms with van der Waals surface area (Å²) < 4.78 is 59.1. The molecule has 0 aromatic carbocycles. The van der Waals surface area contributed by atoms with Gasteiger partial charge in [-0.2, -0.15) is 22.0 Å². The highest BCUT2D eigenvalue weighted by molar-refractivity contribution is 7.36. The van der Waals surface area contributed by atoms with E-state index in [9.17, 15) is 22.0 Å². The highest BCUT2D eigenvalue weighted by Crippen LogP contribution is 2.48. The Morgan fingerprint density at radius 3 is 1.45 bits per heavy atom. The monoisotopic (exact) mass is 195 g/mol. The summed E-state index contributed by atoms with van der Waals surface area (Å²) >= 11 is 0. The first-order valence-electron chi connectivity index (χ1n) is 2.56. The van der Waals surface area contributed by atoms with Crippen LogP contribution in [0.4, 0.5) is 22.0 Å². The van der Waals surface area contributed by atoms with Gasteiger partial charge in [0.15, 0.2) is 0 Å². The van der Waals surface area contributed by atoms with Gasteiger partial charge < -0.3 is 0 Å². The van der Waals surface area contributed by atoms with Crippen LogP contribution in [0, 0.1) is 0 Å². The smallest absolute Gasteiger partial charge is 0.286 e. The van der Waals surface area contributed by atoms with Crippen LogP contribution in [0.15, 0.2) is 0 Å². The average Bonchev–Trinajstić information content (AvgIpc) is 1.56. The van der Waals surface area contributed by atoms with Gasteiger partial charge in [-0.05, 0) is 14.1 Å². The molecule has 1 unspecified atom stereocenters. The fourth-order valence-corrected chi connectivity index (χ4v) is 1.03. The molecule has 0 bridgehead atoms. The summed E-state index contributed by atoms with van der Waals surface area (Å²) in [6.07, 6.45) is -5.43. The number of alkyl halides is 5. The zero-order valence-electron chi connectivity index (χ0n) is 5.84. The highest BCUT2D eigenvalue weighted by atomic mass is 31.1. The Bertz CT molecular complexity index is 131. The Morgan fingerprint density at radius 1 is 1.00 bits per heavy atom. The van der Waals surface area contributed by atoms with Gasteiger partial charge in [-0.1, -0.05) is 0 Å². The summed E-state index contributed by atoms with van der Waals surface area (Å²) in [4.78, 5) is 0. The van der Waals surface area contributed by atoms with Gasteiger partial charge in [-0.3, -0.25) is 4.67 Å². The van der Waals surface area contributed by atoms with E-state index in [1.807, 2.05) is 0 Å². The first-order valence-corrected chi connectivity index (χ1v) is 3.51. The van der Waals surface area contributed by atoms with Crippen molar-refractivity contribution in [1.29, 1.82) is 0 Å². The van der Waals surface area contributed by atoms with E-state index in [2.05, 4.69) is 0 Å². The number of rotatable bonds is 2. The molecule has 0 amide bonds. The molecule has 0 aromatic rings. The van der Waals surface area contributed by atoms with E-state index in [0.29, 0.717) is 0 Å². The summed E-state index contributed by atoms with van der Waals surface area (Å²) in [7, 11) is 0.771. The maximum absolute atomic E-state index is 12.0. The van der Waals surface area contributed by atoms with Crippen molar-refractivity contribution in [2.75, 3.05) is 14.1 Å². The van der Waals surface area contributed by atoms with Crippen LogP contribution in [0.3, 0.4) is 0 Å². The van der Waals surface area contributed by atoms with E-state index in [4.69, 9.17) is 0 Å². The Kier molecular flexibility index (Phi) is 3.20. The predicted octanol–water partition coefficient (Wildman–Crippen LogP) is 2.30. The minimum atomic E-state index is -5.43. The first-order chi connectivity index (χ1) is 4.67. The largest absolute Gasteiger partial charge is 0.458 e. The topological polar surface area (TPSA) is 3.24 Å². The Balaban J connectivity index is 4.22. The van der Waals surface area contributed by atoms with E-state index in [1.165, 1.54) is 0 Å². The second-order valence-corrected chi connectivity index (χ2v) is 3.82. The summed E-state index contributed by atoms with van der Waals surface area (Å²) in [6, 6.07) is 0. The zero-order chi connectivity index (χ0) is 9.28. The van der Waals surface area contributed by atoms with Gasteiger partial charge in [-0.15, -0.1) is 0 Å². The van der Waals surface area contributed by atoms with Crippen molar-refractivity contribution in [2.24, 2.45) is 0 Å². The van der Waals surface area contributed by atoms with Crippen molar-refractivity contribution in [1.82, 2.24) is 4.67 Å². The molecule has 1 atom stereocenters. The van der Waals surface area contributed by atoms with Gasteiger partial charge >= 0.3 is 11.8 Å². The molecule has 68 valence electrons. The molecule has 0 spiro atoms. The maximum atomic E-state index is 12.0. The molecular weight excluding hydrogens is 188 g/mol. The standard InChI is InChI=1S/C4H7F5NP/c1-10(2)11-4(8,9)3(5,6)7/h11H,1-2H3. The van der Waals surface area contributed by atoms with Crippen LogP contribution in [0.2, 0.25) is 0 Å². The van der Waals surface area contributed by atoms with Crippen molar-refractivity contribution >= 4 is 8.73 Å². The quantitative estimate of drug-likeness (QED) is 0.482. The minimum Gasteiger partial charge on any atom is -0.286 e. The van der Waals surface area contributed by atoms with E-state index in [-0.39, 0.29) is 0 Å². The third-order valence-electron chi connectivity index (χ3n) is 0.720. The van der Waals surface area contributed by atoms with Gasteiger partial charge in [0.05, 0.1) is 0 Å². The van der Waals surface area contributed by atoms with Crippen molar-refractivity contribution < 1.29 is 22.0 Å². The van der Waals surface area contributed by atoms with Gasteiger partial charge in [0.1, 0.15) is 0 Å². The molecule has 0 fully saturated rings. The SMILES string of the molecule is CN(C)PC(F)(F)C(F)(F)F. The first kappa shape index (κ1) is 11.0. The molecule has 0 rings (SSSR count). The van der Waals surface area contributed by atoms with Crippen LogP contribution in [-0.4, -0.2) is 30.6 Å². The number of hydrogen-bond acceptors (Lipinski definition) is 1. The average molecular weight is 195 g/mol. The second kappa shape index (κ2) is 3.19. The molecule has 0 aliphatic heterocycles.